The van der Waals surface area contributed by atoms with E-state index < -0.39 is 4.92 Å². The average Bonchev–Trinajstić information content (AvgIpc) is 2.63. The quantitative estimate of drug-likeness (QED) is 0.619. The van der Waals surface area contributed by atoms with Gasteiger partial charge in [-0.1, -0.05) is 6.07 Å². The number of rotatable bonds is 6. The molecule has 1 atom stereocenters. The van der Waals surface area contributed by atoms with Gasteiger partial charge in [-0.15, -0.1) is 0 Å². The molecule has 1 saturated heterocycles. The predicted octanol–water partition coefficient (Wildman–Crippen LogP) is 2.56. The summed E-state index contributed by atoms with van der Waals surface area (Å²) in [6.45, 7) is 2.37. The van der Waals surface area contributed by atoms with Crippen molar-refractivity contribution in [1.82, 2.24) is 9.88 Å². The topological polar surface area (TPSA) is 91.5 Å². The van der Waals surface area contributed by atoms with Crippen LogP contribution in [-0.4, -0.2) is 39.0 Å². The van der Waals surface area contributed by atoms with Gasteiger partial charge in [0, 0.05) is 37.1 Å². The van der Waals surface area contributed by atoms with Crippen LogP contribution in [0.3, 0.4) is 0 Å². The molecule has 0 aliphatic carbocycles. The highest BCUT2D eigenvalue weighted by Crippen LogP contribution is 2.25. The molecule has 2 aromatic rings. The van der Waals surface area contributed by atoms with Crippen LogP contribution < -0.4 is 5.32 Å². The molecule has 1 fully saturated rings. The Labute approximate surface area is 146 Å². The lowest BCUT2D eigenvalue weighted by Gasteiger charge is -2.33. The van der Waals surface area contributed by atoms with Crippen LogP contribution in [0.25, 0.3) is 0 Å². The lowest BCUT2D eigenvalue weighted by Crippen LogP contribution is -2.41. The zero-order chi connectivity index (χ0) is 17.6. The second-order valence-electron chi connectivity index (χ2n) is 6.30. The molecule has 0 saturated carbocycles. The van der Waals surface area contributed by atoms with Crippen molar-refractivity contribution in [3.8, 4) is 0 Å². The van der Waals surface area contributed by atoms with E-state index >= 15 is 0 Å². The third-order valence-electron chi connectivity index (χ3n) is 4.44. The van der Waals surface area contributed by atoms with E-state index in [0.717, 1.165) is 38.2 Å². The standard InChI is InChI=1S/C18H22N4O3/c23-13-14-6-7-15(10-18(14)22(24)25)20-17-5-3-9-21(12-17)11-16-4-1-2-8-19-16/h1-2,4,6-8,10,17,20,23H,3,5,9,11-13H2. The molecule has 0 amide bonds. The zero-order valence-electron chi connectivity index (χ0n) is 14.0. The number of nitrogens with zero attached hydrogens (tertiary/aromatic N) is 3. The molecule has 7 heteroatoms. The molecule has 1 aliphatic heterocycles. The molecule has 2 N–H and O–H groups in total. The number of nitro benzene ring substituents is 1. The Hall–Kier alpha value is -2.51. The molecule has 7 nitrogen and oxygen atoms in total. The summed E-state index contributed by atoms with van der Waals surface area (Å²) in [6, 6.07) is 11.1. The normalized spacial score (nSPS) is 18.0. The molecule has 1 unspecified atom stereocenters. The van der Waals surface area contributed by atoms with E-state index in [0.29, 0.717) is 11.3 Å². The summed E-state index contributed by atoms with van der Waals surface area (Å²) in [7, 11) is 0. The first-order chi connectivity index (χ1) is 12.2. The van der Waals surface area contributed by atoms with E-state index in [4.69, 9.17) is 0 Å². The molecule has 0 spiro atoms. The second kappa shape index (κ2) is 8.04. The number of nitrogens with one attached hydrogen (secondary N) is 1. The molecule has 25 heavy (non-hydrogen) atoms. The van der Waals surface area contributed by atoms with Gasteiger partial charge in [0.15, 0.2) is 0 Å². The largest absolute Gasteiger partial charge is 0.391 e. The number of hydrogen-bond donors (Lipinski definition) is 2. The minimum atomic E-state index is -0.453. The lowest BCUT2D eigenvalue weighted by atomic mass is 10.0. The summed E-state index contributed by atoms with van der Waals surface area (Å²) in [6.07, 6.45) is 3.90. The SMILES string of the molecule is O=[N+]([O-])c1cc(NC2CCCN(Cc3ccccn3)C2)ccc1CO. The summed E-state index contributed by atoms with van der Waals surface area (Å²) in [5.74, 6) is 0. The number of anilines is 1. The molecule has 3 rings (SSSR count). The van der Waals surface area contributed by atoms with Gasteiger partial charge in [-0.05, 0) is 43.7 Å². The van der Waals surface area contributed by atoms with Crippen molar-refractivity contribution >= 4 is 11.4 Å². The van der Waals surface area contributed by atoms with Crippen LogP contribution in [0.1, 0.15) is 24.1 Å². The average molecular weight is 342 g/mol. The third kappa shape index (κ3) is 4.52. The Kier molecular flexibility index (Phi) is 5.57. The predicted molar refractivity (Wildman–Crippen MR) is 95.2 cm³/mol. The van der Waals surface area contributed by atoms with Gasteiger partial charge in [0.05, 0.1) is 22.8 Å². The number of hydrogen-bond acceptors (Lipinski definition) is 6. The maximum atomic E-state index is 11.1. The number of piperidine rings is 1. The van der Waals surface area contributed by atoms with Crippen molar-refractivity contribution in [2.45, 2.75) is 32.0 Å². The molecular formula is C18H22N4O3. The van der Waals surface area contributed by atoms with Crippen molar-refractivity contribution in [2.24, 2.45) is 0 Å². The van der Waals surface area contributed by atoms with Crippen LogP contribution in [0, 0.1) is 10.1 Å². The summed E-state index contributed by atoms with van der Waals surface area (Å²) >= 11 is 0. The molecular weight excluding hydrogens is 320 g/mol. The van der Waals surface area contributed by atoms with Crippen molar-refractivity contribution in [3.05, 3.63) is 64.0 Å². The fourth-order valence-corrected chi connectivity index (χ4v) is 3.23. The molecule has 0 radical (unpaired) electrons. The maximum Gasteiger partial charge on any atom is 0.276 e. The Morgan fingerprint density at radius 3 is 2.96 bits per heavy atom. The third-order valence-corrected chi connectivity index (χ3v) is 4.44. The van der Waals surface area contributed by atoms with Crippen molar-refractivity contribution < 1.29 is 10.0 Å². The lowest BCUT2D eigenvalue weighted by molar-refractivity contribution is -0.385. The van der Waals surface area contributed by atoms with Gasteiger partial charge >= 0.3 is 0 Å². The molecule has 1 aromatic carbocycles. The highest BCUT2D eigenvalue weighted by Gasteiger charge is 2.21. The van der Waals surface area contributed by atoms with E-state index in [-0.39, 0.29) is 18.3 Å². The Morgan fingerprint density at radius 2 is 2.24 bits per heavy atom. The van der Waals surface area contributed by atoms with E-state index in [1.54, 1.807) is 18.3 Å². The fraction of sp³-hybridized carbons (Fsp3) is 0.389. The first kappa shape index (κ1) is 17.3. The van der Waals surface area contributed by atoms with Crippen LogP contribution in [0.2, 0.25) is 0 Å². The van der Waals surface area contributed by atoms with Gasteiger partial charge in [-0.2, -0.15) is 0 Å². The van der Waals surface area contributed by atoms with E-state index in [1.807, 2.05) is 18.2 Å². The second-order valence-corrected chi connectivity index (χ2v) is 6.30. The molecule has 0 bridgehead atoms. The summed E-state index contributed by atoms with van der Waals surface area (Å²) in [4.78, 5) is 17.4. The molecule has 1 aliphatic rings. The zero-order valence-corrected chi connectivity index (χ0v) is 14.0. The van der Waals surface area contributed by atoms with E-state index in [9.17, 15) is 15.2 Å². The van der Waals surface area contributed by atoms with Crippen LogP contribution in [0.4, 0.5) is 11.4 Å². The minimum Gasteiger partial charge on any atom is -0.391 e. The fourth-order valence-electron chi connectivity index (χ4n) is 3.23. The van der Waals surface area contributed by atoms with Crippen molar-refractivity contribution in [2.75, 3.05) is 18.4 Å². The van der Waals surface area contributed by atoms with E-state index in [1.165, 1.54) is 6.07 Å². The molecule has 132 valence electrons. The first-order valence-electron chi connectivity index (χ1n) is 8.42. The van der Waals surface area contributed by atoms with Gasteiger partial charge in [0.1, 0.15) is 0 Å². The molecule has 2 heterocycles. The number of aromatic nitrogens is 1. The van der Waals surface area contributed by atoms with Crippen molar-refractivity contribution in [3.63, 3.8) is 0 Å². The highest BCUT2D eigenvalue weighted by atomic mass is 16.6. The number of aliphatic hydroxyl groups excluding tert-OH is 1. The monoisotopic (exact) mass is 342 g/mol. The van der Waals surface area contributed by atoms with Gasteiger partial charge in [0.25, 0.3) is 5.69 Å². The summed E-state index contributed by atoms with van der Waals surface area (Å²) in [5.41, 5.74) is 2.05. The van der Waals surface area contributed by atoms with Gasteiger partial charge in [-0.25, -0.2) is 0 Å². The summed E-state index contributed by atoms with van der Waals surface area (Å²) < 4.78 is 0. The van der Waals surface area contributed by atoms with Gasteiger partial charge in [0.2, 0.25) is 0 Å². The van der Waals surface area contributed by atoms with Crippen molar-refractivity contribution in [1.29, 1.82) is 0 Å². The van der Waals surface area contributed by atoms with Crippen LogP contribution in [-0.2, 0) is 13.2 Å². The number of nitro groups is 1. The maximum absolute atomic E-state index is 11.1. The van der Waals surface area contributed by atoms with Crippen LogP contribution >= 0.6 is 0 Å². The van der Waals surface area contributed by atoms with Crippen LogP contribution in [0.5, 0.6) is 0 Å². The highest BCUT2D eigenvalue weighted by molar-refractivity contribution is 5.55. The van der Waals surface area contributed by atoms with Gasteiger partial charge < -0.3 is 10.4 Å². The number of pyridine rings is 1. The molecule has 1 aromatic heterocycles. The van der Waals surface area contributed by atoms with E-state index in [2.05, 4.69) is 15.2 Å². The summed E-state index contributed by atoms with van der Waals surface area (Å²) in [5, 5.41) is 23.7. The van der Waals surface area contributed by atoms with Gasteiger partial charge in [-0.3, -0.25) is 20.0 Å². The first-order valence-corrected chi connectivity index (χ1v) is 8.42. The Balaban J connectivity index is 1.64. The Morgan fingerprint density at radius 1 is 1.36 bits per heavy atom. The Bertz CT molecular complexity index is 724. The number of benzene rings is 1. The number of likely N-dealkylation sites (tertiary alicyclic amines) is 1. The minimum absolute atomic E-state index is 0.0475. The smallest absolute Gasteiger partial charge is 0.276 e. The van der Waals surface area contributed by atoms with Crippen LogP contribution in [0.15, 0.2) is 42.6 Å². The number of aliphatic hydroxyl groups is 1.